The molecule has 1 saturated heterocycles. The lowest BCUT2D eigenvalue weighted by atomic mass is 9.99. The highest BCUT2D eigenvalue weighted by molar-refractivity contribution is 7.92. The third-order valence-corrected chi connectivity index (χ3v) is 8.88. The number of likely N-dealkylation sites (N-methyl/N-ethyl adjacent to an activating group) is 1. The fourth-order valence-electron chi connectivity index (χ4n) is 5.08. The van der Waals surface area contributed by atoms with E-state index in [-0.39, 0.29) is 35.1 Å². The van der Waals surface area contributed by atoms with Crippen LogP contribution in [0.2, 0.25) is 0 Å². The van der Waals surface area contributed by atoms with Crippen LogP contribution in [0.1, 0.15) is 47.9 Å². The maximum atomic E-state index is 13.4. The third kappa shape index (κ3) is 5.27. The summed E-state index contributed by atoms with van der Waals surface area (Å²) < 4.78 is 24.6. The molecule has 2 fully saturated rings. The van der Waals surface area contributed by atoms with Gasteiger partial charge in [-0.1, -0.05) is 30.3 Å². The van der Waals surface area contributed by atoms with Crippen LogP contribution >= 0.6 is 0 Å². The van der Waals surface area contributed by atoms with Gasteiger partial charge in [-0.05, 0) is 54.0 Å². The molecular weight excluding hydrogens is 466 g/mol. The Morgan fingerprint density at radius 2 is 2.00 bits per heavy atom. The molecule has 2 aromatic carbocycles. The minimum Gasteiger partial charge on any atom is -0.392 e. The maximum absolute atomic E-state index is 13.4. The van der Waals surface area contributed by atoms with Crippen molar-refractivity contribution in [2.24, 2.45) is 0 Å². The number of β-amino-alcohol motifs (C(OH)–C–C–N with tert-alkyl or cyclic N) is 1. The van der Waals surface area contributed by atoms with E-state index >= 15 is 0 Å². The second kappa shape index (κ2) is 9.37. The molecule has 2 atom stereocenters. The molecule has 0 aromatic heterocycles. The van der Waals surface area contributed by atoms with Gasteiger partial charge in [0.05, 0.1) is 29.1 Å². The minimum absolute atomic E-state index is 0.0845. The number of carbonyl (C=O) groups excluding carboxylic acids is 2. The number of rotatable bonds is 7. The van der Waals surface area contributed by atoms with Crippen molar-refractivity contribution in [2.75, 3.05) is 37.8 Å². The summed E-state index contributed by atoms with van der Waals surface area (Å²) in [4.78, 5) is 29.3. The van der Waals surface area contributed by atoms with Crippen LogP contribution in [0.15, 0.2) is 47.4 Å². The molecule has 9 heteroatoms. The van der Waals surface area contributed by atoms with Crippen molar-refractivity contribution in [3.05, 3.63) is 59.2 Å². The number of amides is 2. The molecule has 1 aliphatic carbocycles. The highest BCUT2D eigenvalue weighted by Gasteiger charge is 2.31. The molecule has 8 nitrogen and oxygen atoms in total. The normalized spacial score (nSPS) is 22.3. The first-order chi connectivity index (χ1) is 16.7. The summed E-state index contributed by atoms with van der Waals surface area (Å²) in [6.45, 7) is 2.02. The number of sulfone groups is 1. The van der Waals surface area contributed by atoms with E-state index in [2.05, 4.69) is 34.5 Å². The van der Waals surface area contributed by atoms with Crippen molar-refractivity contribution in [3.8, 4) is 0 Å². The van der Waals surface area contributed by atoms with Gasteiger partial charge in [-0.15, -0.1) is 0 Å². The topological polar surface area (TPSA) is 107 Å². The van der Waals surface area contributed by atoms with Crippen molar-refractivity contribution in [1.29, 1.82) is 0 Å². The van der Waals surface area contributed by atoms with E-state index in [4.69, 9.17) is 0 Å². The van der Waals surface area contributed by atoms with Gasteiger partial charge in [-0.25, -0.2) is 8.42 Å². The molecular formula is C26H31N3O5S. The number of likely N-dealkylation sites (tertiary alicyclic amines) is 1. The molecule has 2 amide bonds. The summed E-state index contributed by atoms with van der Waals surface area (Å²) in [5.41, 5.74) is 3.26. The lowest BCUT2D eigenvalue weighted by Crippen LogP contribution is -2.39. The first kappa shape index (κ1) is 24.0. The van der Waals surface area contributed by atoms with E-state index < -0.39 is 21.5 Å². The van der Waals surface area contributed by atoms with Gasteiger partial charge >= 0.3 is 0 Å². The van der Waals surface area contributed by atoms with Crippen molar-refractivity contribution >= 4 is 27.3 Å². The number of anilines is 1. The van der Waals surface area contributed by atoms with Crippen LogP contribution in [-0.4, -0.2) is 73.7 Å². The number of nitrogens with one attached hydrogen (secondary N) is 1. The molecule has 1 unspecified atom stereocenters. The van der Waals surface area contributed by atoms with Gasteiger partial charge < -0.3 is 15.3 Å². The van der Waals surface area contributed by atoms with Gasteiger partial charge in [0.1, 0.15) is 5.75 Å². The van der Waals surface area contributed by atoms with E-state index in [1.807, 2.05) is 0 Å². The fraction of sp³-hybridized carbons (Fsp3) is 0.462. The van der Waals surface area contributed by atoms with E-state index in [0.29, 0.717) is 24.6 Å². The quantitative estimate of drug-likeness (QED) is 0.607. The van der Waals surface area contributed by atoms with Gasteiger partial charge in [0, 0.05) is 26.7 Å². The Morgan fingerprint density at radius 1 is 1.20 bits per heavy atom. The molecule has 35 heavy (non-hydrogen) atoms. The van der Waals surface area contributed by atoms with Crippen LogP contribution < -0.4 is 5.32 Å². The van der Waals surface area contributed by atoms with E-state index in [1.165, 1.54) is 24.5 Å². The van der Waals surface area contributed by atoms with Gasteiger partial charge in [0.15, 0.2) is 9.84 Å². The number of aliphatic hydroxyl groups excluding tert-OH is 1. The van der Waals surface area contributed by atoms with Crippen LogP contribution in [0, 0.1) is 0 Å². The summed E-state index contributed by atoms with van der Waals surface area (Å²) in [6.07, 6.45) is 2.88. The molecule has 3 aliphatic rings. The first-order valence-electron chi connectivity index (χ1n) is 12.1. The zero-order chi connectivity index (χ0) is 24.7. The summed E-state index contributed by atoms with van der Waals surface area (Å²) >= 11 is 0. The average molecular weight is 498 g/mol. The molecule has 5 rings (SSSR count). The molecule has 2 aromatic rings. The lowest BCUT2D eigenvalue weighted by molar-refractivity contribution is -0.131. The Balaban J connectivity index is 1.37. The fourth-order valence-corrected chi connectivity index (χ4v) is 6.37. The number of hydrogen-bond acceptors (Lipinski definition) is 6. The third-order valence-electron chi connectivity index (χ3n) is 7.21. The highest BCUT2D eigenvalue weighted by atomic mass is 32.2. The van der Waals surface area contributed by atoms with Crippen molar-refractivity contribution in [1.82, 2.24) is 9.80 Å². The number of nitrogens with zero attached hydrogens (tertiary/aromatic N) is 2. The van der Waals surface area contributed by atoms with E-state index in [0.717, 1.165) is 18.5 Å². The van der Waals surface area contributed by atoms with Gasteiger partial charge in [0.25, 0.3) is 0 Å². The van der Waals surface area contributed by atoms with Crippen LogP contribution in [-0.2, 0) is 25.8 Å². The smallest absolute Gasteiger partial charge is 0.239 e. The van der Waals surface area contributed by atoms with Gasteiger partial charge in [-0.2, -0.15) is 0 Å². The Bertz CT molecular complexity index is 1260. The molecule has 2 aliphatic heterocycles. The first-order valence-corrected chi connectivity index (χ1v) is 13.8. The number of carbonyl (C=O) groups is 2. The van der Waals surface area contributed by atoms with Crippen LogP contribution in [0.4, 0.5) is 5.69 Å². The molecule has 1 saturated carbocycles. The van der Waals surface area contributed by atoms with Crippen molar-refractivity contribution < 1.29 is 23.1 Å². The van der Waals surface area contributed by atoms with Crippen molar-refractivity contribution in [3.63, 3.8) is 0 Å². The summed E-state index contributed by atoms with van der Waals surface area (Å²) in [7, 11) is -1.86. The highest BCUT2D eigenvalue weighted by Crippen LogP contribution is 2.41. The molecule has 0 spiro atoms. The Morgan fingerprint density at radius 3 is 2.71 bits per heavy atom. The number of aliphatic hydroxyl groups is 1. The number of benzene rings is 2. The summed E-state index contributed by atoms with van der Waals surface area (Å²) in [5, 5.41) is 12.6. The summed E-state index contributed by atoms with van der Waals surface area (Å²) in [6, 6.07) is 13.0. The zero-order valence-electron chi connectivity index (χ0n) is 19.8. The predicted octanol–water partition coefficient (Wildman–Crippen LogP) is 2.10. The predicted molar refractivity (Wildman–Crippen MR) is 132 cm³/mol. The molecule has 2 N–H and O–H groups in total. The van der Waals surface area contributed by atoms with Crippen LogP contribution in [0.5, 0.6) is 0 Å². The van der Waals surface area contributed by atoms with Gasteiger partial charge in [0.2, 0.25) is 11.8 Å². The molecule has 0 radical (unpaired) electrons. The standard InChI is InChI=1S/C26H31N3O5S/c1-28(26(32)12-17-5-8-24-22(11-17)27-25(31)16-35(24,33)34)23(15-29-10-9-21(30)14-29)20-4-2-3-19(13-20)18-6-7-18/h2-5,8,11,13,18,21,23,30H,6-7,9-10,12,14-16H2,1H3,(H,27,31)/t21-,23?/m0/s1. The second-order valence-electron chi connectivity index (χ2n) is 9.98. The number of fused-ring (bicyclic) bond motifs is 1. The van der Waals surface area contributed by atoms with Crippen molar-refractivity contribution in [2.45, 2.75) is 48.6 Å². The van der Waals surface area contributed by atoms with Crippen LogP contribution in [0.25, 0.3) is 0 Å². The SMILES string of the molecule is CN(C(=O)Cc1ccc2c(c1)NC(=O)CS2(=O)=O)C(CN1CC[C@H](O)C1)c1cccc(C2CC2)c1. The minimum atomic E-state index is -3.66. The average Bonchev–Trinajstić information content (AvgIpc) is 3.58. The second-order valence-corrected chi connectivity index (χ2v) is 11.9. The van der Waals surface area contributed by atoms with E-state index in [9.17, 15) is 23.1 Å². The van der Waals surface area contributed by atoms with E-state index in [1.54, 1.807) is 24.1 Å². The molecule has 186 valence electrons. The Kier molecular flexibility index (Phi) is 6.41. The van der Waals surface area contributed by atoms with Gasteiger partial charge in [-0.3, -0.25) is 14.5 Å². The zero-order valence-corrected chi connectivity index (χ0v) is 20.6. The molecule has 0 bridgehead atoms. The Labute approximate surface area is 205 Å². The number of hydrogen-bond donors (Lipinski definition) is 2. The Hall–Kier alpha value is -2.75. The summed E-state index contributed by atoms with van der Waals surface area (Å²) in [5.74, 6) is -0.626. The monoisotopic (exact) mass is 497 g/mol. The maximum Gasteiger partial charge on any atom is 0.239 e. The lowest BCUT2D eigenvalue weighted by Gasteiger charge is -2.32. The molecule has 2 heterocycles. The largest absolute Gasteiger partial charge is 0.392 e. The van der Waals surface area contributed by atoms with Crippen LogP contribution in [0.3, 0.4) is 0 Å².